The smallest absolute Gasteiger partial charge is 0.405 e. The molecule has 0 aliphatic carbocycles. The van der Waals surface area contributed by atoms with Crippen molar-refractivity contribution in [1.82, 2.24) is 35.8 Å². The first kappa shape index (κ1) is 57.7. The Balaban J connectivity index is 0.851. The molecule has 2 unspecified atom stereocenters. The quantitative estimate of drug-likeness (QED) is 0.0351. The fourth-order valence-corrected chi connectivity index (χ4v) is 8.59. The number of pyridine rings is 2. The number of anilines is 1. The van der Waals surface area contributed by atoms with Crippen LogP contribution in [0.25, 0.3) is 10.9 Å². The Kier molecular flexibility index (Phi) is 25.1. The maximum absolute atomic E-state index is 14.2. The second-order valence-corrected chi connectivity index (χ2v) is 18.0. The monoisotopic (exact) mass is 1040 g/mol. The van der Waals surface area contributed by atoms with Crippen molar-refractivity contribution in [2.45, 2.75) is 82.8 Å². The van der Waals surface area contributed by atoms with Gasteiger partial charge in [0.2, 0.25) is 11.8 Å². The summed E-state index contributed by atoms with van der Waals surface area (Å²) in [6, 6.07) is 18.0. The summed E-state index contributed by atoms with van der Waals surface area (Å²) in [5, 5.41) is 27.8. The van der Waals surface area contributed by atoms with Crippen molar-refractivity contribution in [3.63, 3.8) is 0 Å². The summed E-state index contributed by atoms with van der Waals surface area (Å²) in [4.78, 5) is 74.6. The summed E-state index contributed by atoms with van der Waals surface area (Å²) in [6.45, 7) is 7.04. The molecular weight excluding hydrogens is 967 g/mol. The summed E-state index contributed by atoms with van der Waals surface area (Å²) < 4.78 is 32.1. The number of ether oxygens (including phenoxy) is 6. The van der Waals surface area contributed by atoms with Gasteiger partial charge in [0.15, 0.2) is 0 Å². The van der Waals surface area contributed by atoms with Crippen LogP contribution in [0.5, 0.6) is 0 Å². The van der Waals surface area contributed by atoms with E-state index in [4.69, 9.17) is 33.5 Å². The molecule has 0 radical (unpaired) electrons. The number of carbonyl (C=O) groups is 5. The predicted octanol–water partition coefficient (Wildman–Crippen LogP) is 5.62. The summed E-state index contributed by atoms with van der Waals surface area (Å²) in [5.41, 5.74) is 6.06. The zero-order valence-electron chi connectivity index (χ0n) is 43.0. The van der Waals surface area contributed by atoms with Crippen LogP contribution in [0.2, 0.25) is 0 Å². The van der Waals surface area contributed by atoms with Crippen LogP contribution in [-0.2, 0) is 55.9 Å². The number of aromatic nitrogens is 2. The van der Waals surface area contributed by atoms with Crippen LogP contribution in [0.15, 0.2) is 84.4 Å². The summed E-state index contributed by atoms with van der Waals surface area (Å²) in [6.07, 6.45) is 8.77. The molecular formula is C54H73N9O12. The highest BCUT2D eigenvalue weighted by Gasteiger charge is 2.34. The van der Waals surface area contributed by atoms with Gasteiger partial charge in [-0.15, -0.1) is 0 Å². The summed E-state index contributed by atoms with van der Waals surface area (Å²) in [7, 11) is 1.63. The maximum atomic E-state index is 14.2. The van der Waals surface area contributed by atoms with Gasteiger partial charge in [0.25, 0.3) is 5.91 Å². The van der Waals surface area contributed by atoms with Crippen LogP contribution in [-0.4, -0.2) is 166 Å². The second kappa shape index (κ2) is 32.6. The van der Waals surface area contributed by atoms with Crippen molar-refractivity contribution in [3.05, 3.63) is 102 Å². The Labute approximate surface area is 438 Å². The molecule has 0 spiro atoms. The third-order valence-corrected chi connectivity index (χ3v) is 12.6. The Morgan fingerprint density at radius 2 is 1.39 bits per heavy atom. The third-order valence-electron chi connectivity index (χ3n) is 12.6. The highest BCUT2D eigenvalue weighted by Crippen LogP contribution is 2.34. The molecule has 0 saturated heterocycles. The summed E-state index contributed by atoms with van der Waals surface area (Å²) >= 11 is 0. The van der Waals surface area contributed by atoms with Crippen LogP contribution >= 0.6 is 0 Å². The lowest BCUT2D eigenvalue weighted by molar-refractivity contribution is -0.133. The molecule has 2 aliphatic heterocycles. The van der Waals surface area contributed by atoms with Gasteiger partial charge < -0.3 is 59.7 Å². The number of hydrogen-bond acceptors (Lipinski definition) is 14. The Bertz CT molecular complexity index is 2410. The van der Waals surface area contributed by atoms with E-state index in [1.165, 1.54) is 0 Å². The minimum Gasteiger partial charge on any atom is -0.465 e. The van der Waals surface area contributed by atoms with Gasteiger partial charge in [-0.2, -0.15) is 5.10 Å². The van der Waals surface area contributed by atoms with Crippen LogP contribution in [0, 0.1) is 0 Å². The number of carboxylic acid groups (broad SMARTS) is 1. The lowest BCUT2D eigenvalue weighted by Gasteiger charge is -2.30. The topological polar surface area (TPSA) is 254 Å². The average molecular weight is 1040 g/mol. The van der Waals surface area contributed by atoms with Crippen molar-refractivity contribution in [2.75, 3.05) is 105 Å². The van der Waals surface area contributed by atoms with Crippen molar-refractivity contribution >= 4 is 52.1 Å². The number of hydrogen-bond donors (Lipinski definition) is 5. The molecule has 2 atom stereocenters. The molecule has 2 aromatic carbocycles. The van der Waals surface area contributed by atoms with Crippen LogP contribution < -0.4 is 21.3 Å². The fraction of sp³-hybridized carbons (Fsp3) is 0.519. The molecule has 21 heteroatoms. The molecule has 4 aromatic rings. The molecule has 75 heavy (non-hydrogen) atoms. The Morgan fingerprint density at radius 3 is 2.09 bits per heavy atom. The maximum Gasteiger partial charge on any atom is 0.405 e. The predicted molar refractivity (Wildman–Crippen MR) is 280 cm³/mol. The van der Waals surface area contributed by atoms with E-state index in [0.717, 1.165) is 51.7 Å². The Morgan fingerprint density at radius 1 is 0.720 bits per heavy atom. The van der Waals surface area contributed by atoms with Crippen LogP contribution in [0.4, 0.5) is 15.3 Å². The first-order chi connectivity index (χ1) is 36.7. The van der Waals surface area contributed by atoms with E-state index >= 15 is 0 Å². The number of nitrogens with zero attached hydrogens (tertiary/aromatic N) is 5. The number of benzene rings is 2. The number of unbranched alkanes of at least 4 members (excludes halogenated alkanes) is 4. The van der Waals surface area contributed by atoms with Gasteiger partial charge in [-0.3, -0.25) is 24.4 Å². The van der Waals surface area contributed by atoms with E-state index < -0.39 is 24.0 Å². The third kappa shape index (κ3) is 19.9. The SMILES string of the molecule is COCCOCCOCCOCCOCCOCCC(=O)NCCCCC(NC(=O)O)C(=O)NCCCCCCN1N=C(c2ccc(NC(=O)N3Cc4ccncc4C3)cc2)CC(c2cccc3ncccc23)C1=O. The minimum atomic E-state index is -1.29. The van der Waals surface area contributed by atoms with Gasteiger partial charge in [-0.25, -0.2) is 14.6 Å². The van der Waals surface area contributed by atoms with Gasteiger partial charge in [-0.05, 0) is 84.7 Å². The molecule has 0 saturated carbocycles. The number of methoxy groups -OCH3 is 1. The van der Waals surface area contributed by atoms with E-state index in [2.05, 4.69) is 31.2 Å². The molecule has 4 heterocycles. The number of urea groups is 1. The first-order valence-corrected chi connectivity index (χ1v) is 25.9. The molecule has 6 amide bonds. The molecule has 406 valence electrons. The molecule has 2 aromatic heterocycles. The zero-order valence-corrected chi connectivity index (χ0v) is 43.0. The average Bonchev–Trinajstić information content (AvgIpc) is 3.86. The molecule has 6 rings (SSSR count). The number of rotatable bonds is 35. The molecule has 0 fully saturated rings. The molecule has 21 nitrogen and oxygen atoms in total. The van der Waals surface area contributed by atoms with Crippen molar-refractivity contribution in [1.29, 1.82) is 0 Å². The Hall–Kier alpha value is -6.62. The standard InChI is InChI=1S/C54H73N9O12/c1-70-26-27-72-30-31-74-34-35-75-33-32-73-29-28-71-25-19-50(64)57-20-6-4-12-48(60-54(68)69)51(65)58-21-5-2-3-7-24-63-52(66)46(44-10-8-13-47-45(44)11-9-22-56-47)36-49(61-63)40-14-16-43(17-15-40)59-53(67)62-38-41-18-23-55-37-42(41)39-62/h8-11,13-18,22-23,37,46,48,60H,2-7,12,19-21,24-36,38-39H2,1H3,(H,57,64)(H,58,65)(H,59,67)(H,68,69). The number of nitrogens with one attached hydrogen (secondary N) is 4. The van der Waals surface area contributed by atoms with Crippen LogP contribution in [0.3, 0.4) is 0 Å². The van der Waals surface area contributed by atoms with Gasteiger partial charge in [0, 0.05) is 82.3 Å². The molecule has 0 bridgehead atoms. The van der Waals surface area contributed by atoms with Crippen molar-refractivity contribution in [3.8, 4) is 0 Å². The molecule has 5 N–H and O–H groups in total. The van der Waals surface area contributed by atoms with Gasteiger partial charge in [0.05, 0.1) is 89.8 Å². The number of carbonyl (C=O) groups excluding carboxylic acids is 4. The largest absolute Gasteiger partial charge is 0.465 e. The number of amides is 6. The highest BCUT2D eigenvalue weighted by molar-refractivity contribution is 6.07. The lowest BCUT2D eigenvalue weighted by Crippen LogP contribution is -2.46. The fourth-order valence-electron chi connectivity index (χ4n) is 8.59. The second-order valence-electron chi connectivity index (χ2n) is 18.0. The van der Waals surface area contributed by atoms with Crippen molar-refractivity contribution in [2.24, 2.45) is 5.10 Å². The normalized spacial score (nSPS) is 14.6. The molecule has 2 aliphatic rings. The van der Waals surface area contributed by atoms with Gasteiger partial charge >= 0.3 is 12.1 Å². The van der Waals surface area contributed by atoms with E-state index in [1.807, 2.05) is 60.7 Å². The van der Waals surface area contributed by atoms with E-state index in [0.29, 0.717) is 137 Å². The van der Waals surface area contributed by atoms with Gasteiger partial charge in [-0.1, -0.05) is 43.2 Å². The zero-order chi connectivity index (χ0) is 52.9. The number of hydrazone groups is 1. The highest BCUT2D eigenvalue weighted by atomic mass is 16.6. The number of fused-ring (bicyclic) bond motifs is 2. The van der Waals surface area contributed by atoms with E-state index in [1.54, 1.807) is 35.6 Å². The first-order valence-electron chi connectivity index (χ1n) is 25.9. The van der Waals surface area contributed by atoms with Crippen molar-refractivity contribution < 1.29 is 57.5 Å². The van der Waals surface area contributed by atoms with Gasteiger partial charge in [0.1, 0.15) is 6.04 Å². The minimum absolute atomic E-state index is 0.0935. The summed E-state index contributed by atoms with van der Waals surface area (Å²) in [5.74, 6) is -1.15. The van der Waals surface area contributed by atoms with E-state index in [9.17, 15) is 29.1 Å². The van der Waals surface area contributed by atoms with E-state index in [-0.39, 0.29) is 37.3 Å². The van der Waals surface area contributed by atoms with Crippen LogP contribution in [0.1, 0.15) is 86.0 Å². The lowest BCUT2D eigenvalue weighted by atomic mass is 9.86.